The second kappa shape index (κ2) is 5.03. The molecule has 0 spiro atoms. The van der Waals surface area contributed by atoms with Crippen molar-refractivity contribution in [3.63, 3.8) is 0 Å². The zero-order valence-corrected chi connectivity index (χ0v) is 11.3. The fourth-order valence-corrected chi connectivity index (χ4v) is 2.30. The molecule has 0 aliphatic heterocycles. The Labute approximate surface area is 112 Å². The zero-order chi connectivity index (χ0) is 14.0. The highest BCUT2D eigenvalue weighted by molar-refractivity contribution is 6.11. The van der Waals surface area contributed by atoms with Crippen LogP contribution in [-0.2, 0) is 22.4 Å². The molecule has 2 N–H and O–H groups in total. The van der Waals surface area contributed by atoms with Crippen molar-refractivity contribution in [2.75, 3.05) is 5.32 Å². The van der Waals surface area contributed by atoms with E-state index in [4.69, 9.17) is 5.11 Å². The number of para-hydroxylation sites is 1. The van der Waals surface area contributed by atoms with Crippen LogP contribution >= 0.6 is 0 Å². The van der Waals surface area contributed by atoms with Crippen LogP contribution in [0.2, 0.25) is 0 Å². The van der Waals surface area contributed by atoms with Crippen LogP contribution in [0.15, 0.2) is 18.2 Å². The number of aliphatic carboxylic acids is 1. The second-order valence-corrected chi connectivity index (χ2v) is 5.00. The minimum Gasteiger partial charge on any atom is -0.480 e. The summed E-state index contributed by atoms with van der Waals surface area (Å²) in [4.78, 5) is 23.3. The molecule has 19 heavy (non-hydrogen) atoms. The molecule has 4 nitrogen and oxygen atoms in total. The molecular formula is C15H19NO3. The number of carbonyl (C=O) groups excluding carboxylic acids is 1. The summed E-state index contributed by atoms with van der Waals surface area (Å²) < 4.78 is 0. The molecule has 0 saturated heterocycles. The van der Waals surface area contributed by atoms with E-state index >= 15 is 0 Å². The number of hydrogen-bond donors (Lipinski definition) is 2. The van der Waals surface area contributed by atoms with Crippen LogP contribution in [0.5, 0.6) is 0 Å². The van der Waals surface area contributed by atoms with Crippen molar-refractivity contribution >= 4 is 17.6 Å². The number of carboxylic acid groups (broad SMARTS) is 1. The number of hydrogen-bond acceptors (Lipinski definition) is 2. The Bertz CT molecular complexity index is 496. The molecule has 1 fully saturated rings. The third kappa shape index (κ3) is 2.35. The van der Waals surface area contributed by atoms with Crippen molar-refractivity contribution in [3.05, 3.63) is 29.3 Å². The second-order valence-electron chi connectivity index (χ2n) is 5.00. The number of carboxylic acids is 1. The Balaban J connectivity index is 2.28. The highest BCUT2D eigenvalue weighted by atomic mass is 16.4. The molecule has 0 heterocycles. The van der Waals surface area contributed by atoms with Crippen molar-refractivity contribution in [1.29, 1.82) is 0 Å². The van der Waals surface area contributed by atoms with Gasteiger partial charge in [-0.05, 0) is 36.8 Å². The Morgan fingerprint density at radius 1 is 1.21 bits per heavy atom. The number of nitrogens with one attached hydrogen (secondary N) is 1. The maximum Gasteiger partial charge on any atom is 0.319 e. The van der Waals surface area contributed by atoms with Gasteiger partial charge in [-0.25, -0.2) is 0 Å². The topological polar surface area (TPSA) is 66.4 Å². The number of carbonyl (C=O) groups is 2. The first kappa shape index (κ1) is 13.6. The van der Waals surface area contributed by atoms with Crippen molar-refractivity contribution in [3.8, 4) is 0 Å². The van der Waals surface area contributed by atoms with Crippen LogP contribution in [0.4, 0.5) is 5.69 Å². The van der Waals surface area contributed by atoms with Gasteiger partial charge in [-0.2, -0.15) is 0 Å². The lowest BCUT2D eigenvalue weighted by molar-refractivity contribution is -0.147. The third-order valence-corrected chi connectivity index (χ3v) is 3.83. The van der Waals surface area contributed by atoms with Gasteiger partial charge in [-0.1, -0.05) is 32.0 Å². The molecule has 1 aromatic rings. The maximum atomic E-state index is 12.2. The molecule has 0 atom stereocenters. The number of anilines is 1. The van der Waals surface area contributed by atoms with Gasteiger partial charge in [0, 0.05) is 5.69 Å². The summed E-state index contributed by atoms with van der Waals surface area (Å²) in [5.41, 5.74) is 1.71. The van der Waals surface area contributed by atoms with Gasteiger partial charge >= 0.3 is 5.97 Å². The van der Waals surface area contributed by atoms with E-state index in [1.807, 2.05) is 32.0 Å². The Hall–Kier alpha value is -1.84. The molecular weight excluding hydrogens is 242 g/mol. The van der Waals surface area contributed by atoms with Crippen LogP contribution in [0, 0.1) is 5.41 Å². The fraction of sp³-hybridized carbons (Fsp3) is 0.467. The van der Waals surface area contributed by atoms with Crippen molar-refractivity contribution in [2.45, 2.75) is 39.5 Å². The summed E-state index contributed by atoms with van der Waals surface area (Å²) in [6.45, 7) is 4.04. The molecule has 1 saturated carbocycles. The molecule has 102 valence electrons. The Morgan fingerprint density at radius 2 is 1.74 bits per heavy atom. The van der Waals surface area contributed by atoms with Crippen LogP contribution in [-0.4, -0.2) is 17.0 Å². The van der Waals surface area contributed by atoms with Crippen molar-refractivity contribution in [2.24, 2.45) is 5.41 Å². The van der Waals surface area contributed by atoms with E-state index < -0.39 is 11.4 Å². The first-order valence-corrected chi connectivity index (χ1v) is 6.70. The summed E-state index contributed by atoms with van der Waals surface area (Å²) in [7, 11) is 0. The molecule has 1 aliphatic rings. The number of aryl methyl sites for hydroxylation is 2. The molecule has 2 rings (SSSR count). The van der Waals surface area contributed by atoms with Crippen molar-refractivity contribution in [1.82, 2.24) is 0 Å². The van der Waals surface area contributed by atoms with E-state index in [0.717, 1.165) is 29.7 Å². The van der Waals surface area contributed by atoms with E-state index in [1.165, 1.54) is 0 Å². The molecule has 1 amide bonds. The molecule has 1 aromatic carbocycles. The number of amides is 1. The monoisotopic (exact) mass is 261 g/mol. The predicted octanol–water partition coefficient (Wildman–Crippen LogP) is 2.61. The molecule has 0 bridgehead atoms. The van der Waals surface area contributed by atoms with Gasteiger partial charge in [0.1, 0.15) is 5.41 Å². The van der Waals surface area contributed by atoms with E-state index in [1.54, 1.807) is 0 Å². The van der Waals surface area contributed by atoms with Gasteiger partial charge in [0.05, 0.1) is 0 Å². The number of benzene rings is 1. The summed E-state index contributed by atoms with van der Waals surface area (Å²) in [6, 6.07) is 5.90. The molecule has 0 radical (unpaired) electrons. The zero-order valence-electron chi connectivity index (χ0n) is 11.3. The first-order chi connectivity index (χ1) is 9.05. The van der Waals surface area contributed by atoms with E-state index in [2.05, 4.69) is 5.32 Å². The lowest BCUT2D eigenvalue weighted by Gasteiger charge is -2.17. The third-order valence-electron chi connectivity index (χ3n) is 3.83. The highest BCUT2D eigenvalue weighted by Gasteiger charge is 2.57. The average molecular weight is 261 g/mol. The van der Waals surface area contributed by atoms with Gasteiger partial charge in [-0.3, -0.25) is 9.59 Å². The molecule has 0 aromatic heterocycles. The predicted molar refractivity (Wildman–Crippen MR) is 73.1 cm³/mol. The summed E-state index contributed by atoms with van der Waals surface area (Å²) in [6.07, 6.45) is 2.49. The summed E-state index contributed by atoms with van der Waals surface area (Å²) in [5.74, 6) is -1.40. The lowest BCUT2D eigenvalue weighted by atomic mass is 10.0. The number of rotatable bonds is 5. The maximum absolute atomic E-state index is 12.2. The van der Waals surface area contributed by atoms with Gasteiger partial charge in [0.2, 0.25) is 5.91 Å². The van der Waals surface area contributed by atoms with Gasteiger partial charge in [0.15, 0.2) is 0 Å². The van der Waals surface area contributed by atoms with Gasteiger partial charge < -0.3 is 10.4 Å². The van der Waals surface area contributed by atoms with E-state index in [-0.39, 0.29) is 5.91 Å². The van der Waals surface area contributed by atoms with E-state index in [9.17, 15) is 9.59 Å². The van der Waals surface area contributed by atoms with Crippen LogP contribution < -0.4 is 5.32 Å². The van der Waals surface area contributed by atoms with E-state index in [0.29, 0.717) is 12.8 Å². The molecule has 0 unspecified atom stereocenters. The first-order valence-electron chi connectivity index (χ1n) is 6.70. The lowest BCUT2D eigenvalue weighted by Crippen LogP contribution is -2.31. The van der Waals surface area contributed by atoms with Crippen LogP contribution in [0.1, 0.15) is 37.8 Å². The molecule has 4 heteroatoms. The standard InChI is InChI=1S/C15H19NO3/c1-3-10-6-5-7-11(4-2)12(10)16-13(17)15(8-9-15)14(18)19/h5-7H,3-4,8-9H2,1-2H3,(H,16,17)(H,18,19). The average Bonchev–Trinajstić information content (AvgIpc) is 3.20. The van der Waals surface area contributed by atoms with Crippen molar-refractivity contribution < 1.29 is 14.7 Å². The summed E-state index contributed by atoms with van der Waals surface area (Å²) >= 11 is 0. The highest BCUT2D eigenvalue weighted by Crippen LogP contribution is 2.47. The Morgan fingerprint density at radius 3 is 2.11 bits per heavy atom. The smallest absolute Gasteiger partial charge is 0.319 e. The normalized spacial score (nSPS) is 15.9. The Kier molecular flexibility index (Phi) is 3.60. The largest absolute Gasteiger partial charge is 0.480 e. The van der Waals surface area contributed by atoms with Crippen LogP contribution in [0.25, 0.3) is 0 Å². The van der Waals surface area contributed by atoms with Gasteiger partial charge in [-0.15, -0.1) is 0 Å². The molecule has 1 aliphatic carbocycles. The minimum atomic E-state index is -1.19. The minimum absolute atomic E-state index is 0.379. The fourth-order valence-electron chi connectivity index (χ4n) is 2.30. The van der Waals surface area contributed by atoms with Gasteiger partial charge in [0.25, 0.3) is 0 Å². The quantitative estimate of drug-likeness (QED) is 0.801. The SMILES string of the molecule is CCc1cccc(CC)c1NC(=O)C1(C(=O)O)CC1. The van der Waals surface area contributed by atoms with Crippen LogP contribution in [0.3, 0.4) is 0 Å². The summed E-state index contributed by atoms with van der Waals surface area (Å²) in [5, 5.41) is 12.0.